The molecule has 4 atom stereocenters. The number of amides is 2. The first-order chi connectivity index (χ1) is 16.0. The van der Waals surface area contributed by atoms with Gasteiger partial charge in [-0.1, -0.05) is 19.3 Å². The smallest absolute Gasteiger partial charge is 0.289 e. The fourth-order valence-corrected chi connectivity index (χ4v) is 5.35. The number of Topliss-reactive ketones (excluding diaryl/α,β-unsaturated/α-hetero) is 1. The topological polar surface area (TPSA) is 128 Å². The molecule has 33 heavy (non-hydrogen) atoms. The van der Waals surface area contributed by atoms with Crippen molar-refractivity contribution in [2.75, 3.05) is 13.2 Å². The van der Waals surface area contributed by atoms with Gasteiger partial charge in [-0.15, -0.1) is 11.6 Å². The maximum Gasteiger partial charge on any atom is 0.289 e. The number of hydrogen-bond donors (Lipinski definition) is 1. The number of aromatic nitrogens is 3. The van der Waals surface area contributed by atoms with Crippen molar-refractivity contribution in [3.05, 3.63) is 30.4 Å². The molecule has 10 nitrogen and oxygen atoms in total. The zero-order valence-electron chi connectivity index (χ0n) is 17.9. The Morgan fingerprint density at radius 3 is 2.76 bits per heavy atom. The Balaban J connectivity index is 1.37. The van der Waals surface area contributed by atoms with E-state index in [1.54, 1.807) is 6.07 Å². The van der Waals surface area contributed by atoms with Gasteiger partial charge in [0.2, 0.25) is 17.6 Å². The number of alkyl halides is 1. The van der Waals surface area contributed by atoms with Crippen LogP contribution in [-0.2, 0) is 14.3 Å². The molecule has 0 spiro atoms. The fourth-order valence-electron chi connectivity index (χ4n) is 4.99. The zero-order chi connectivity index (χ0) is 22.9. The van der Waals surface area contributed by atoms with Crippen molar-refractivity contribution in [1.82, 2.24) is 25.4 Å². The average Bonchev–Trinajstić information content (AvgIpc) is 3.56. The van der Waals surface area contributed by atoms with Crippen molar-refractivity contribution >= 4 is 29.2 Å². The Hall–Kier alpha value is -2.85. The van der Waals surface area contributed by atoms with E-state index in [0.29, 0.717) is 5.56 Å². The minimum absolute atomic E-state index is 0.00906. The standard InChI is InChI=1S/C22H24ClN5O5/c23-14-10-28(18-15(29)11-32-19(14)18)22(31)17(12-4-2-1-3-5-12)27-20(30)16-9-24-21(33-16)13-6-7-25-26-8-13/h6-9,12,14,17-19H,1-5,10-11H2,(H,27,30)/t14-,17-,18+,19+/m0/s1. The molecule has 0 bridgehead atoms. The number of carbonyl (C=O) groups excluding carboxylic acids is 3. The van der Waals surface area contributed by atoms with Crippen molar-refractivity contribution in [3.63, 3.8) is 0 Å². The Morgan fingerprint density at radius 1 is 1.18 bits per heavy atom. The van der Waals surface area contributed by atoms with Gasteiger partial charge in [-0.2, -0.15) is 10.2 Å². The molecule has 2 amide bonds. The number of fused-ring (bicyclic) bond motifs is 1. The summed E-state index contributed by atoms with van der Waals surface area (Å²) in [6, 6.07) is 0.186. The molecule has 2 aromatic heterocycles. The fraction of sp³-hybridized carbons (Fsp3) is 0.545. The van der Waals surface area contributed by atoms with Crippen LogP contribution in [0.5, 0.6) is 0 Å². The molecule has 2 aliphatic heterocycles. The molecule has 3 aliphatic rings. The third-order valence-corrected chi connectivity index (χ3v) is 7.03. The van der Waals surface area contributed by atoms with Crippen LogP contribution < -0.4 is 5.32 Å². The van der Waals surface area contributed by atoms with Crippen molar-refractivity contribution in [2.24, 2.45) is 5.92 Å². The molecule has 1 aliphatic carbocycles. The van der Waals surface area contributed by atoms with Gasteiger partial charge in [-0.05, 0) is 24.8 Å². The van der Waals surface area contributed by atoms with Crippen LogP contribution in [0.25, 0.3) is 11.5 Å². The highest BCUT2D eigenvalue weighted by atomic mass is 35.5. The first-order valence-corrected chi connectivity index (χ1v) is 11.6. The molecule has 1 N–H and O–H groups in total. The van der Waals surface area contributed by atoms with Gasteiger partial charge in [-0.25, -0.2) is 4.98 Å². The summed E-state index contributed by atoms with van der Waals surface area (Å²) in [5.41, 5.74) is 0.583. The van der Waals surface area contributed by atoms with Crippen LogP contribution in [0.15, 0.2) is 29.1 Å². The number of halogens is 1. The van der Waals surface area contributed by atoms with Crippen LogP contribution >= 0.6 is 11.6 Å². The number of nitrogens with one attached hydrogen (secondary N) is 1. The summed E-state index contributed by atoms with van der Waals surface area (Å²) >= 11 is 6.38. The molecule has 3 fully saturated rings. The lowest BCUT2D eigenvalue weighted by Gasteiger charge is -2.33. The molecule has 174 valence electrons. The number of rotatable bonds is 5. The van der Waals surface area contributed by atoms with E-state index in [-0.39, 0.29) is 42.4 Å². The number of ether oxygens (including phenoxy) is 1. The highest BCUT2D eigenvalue weighted by Gasteiger charge is 2.53. The molecule has 5 rings (SSSR count). The number of oxazole rings is 1. The normalized spacial score (nSPS) is 26.3. The van der Waals surface area contributed by atoms with E-state index in [1.165, 1.54) is 23.5 Å². The first kappa shape index (κ1) is 22.0. The van der Waals surface area contributed by atoms with Gasteiger partial charge < -0.3 is 19.4 Å². The van der Waals surface area contributed by atoms with E-state index in [4.69, 9.17) is 20.8 Å². The molecule has 2 aromatic rings. The predicted octanol–water partition coefficient (Wildman–Crippen LogP) is 1.60. The molecule has 4 heterocycles. The Bertz CT molecular complexity index is 1040. The second-order valence-corrected chi connectivity index (χ2v) is 9.26. The summed E-state index contributed by atoms with van der Waals surface area (Å²) in [7, 11) is 0. The predicted molar refractivity (Wildman–Crippen MR) is 115 cm³/mol. The number of likely N-dealkylation sites (tertiary alicyclic amines) is 1. The third-order valence-electron chi connectivity index (χ3n) is 6.64. The first-order valence-electron chi connectivity index (χ1n) is 11.2. The lowest BCUT2D eigenvalue weighted by Crippen LogP contribution is -2.55. The maximum absolute atomic E-state index is 13.7. The Kier molecular flexibility index (Phi) is 6.11. The van der Waals surface area contributed by atoms with Crippen LogP contribution in [0.4, 0.5) is 0 Å². The zero-order valence-corrected chi connectivity index (χ0v) is 18.6. The highest BCUT2D eigenvalue weighted by Crippen LogP contribution is 2.34. The van der Waals surface area contributed by atoms with Crippen LogP contribution in [0, 0.1) is 5.92 Å². The van der Waals surface area contributed by atoms with Gasteiger partial charge in [0.25, 0.3) is 5.91 Å². The maximum atomic E-state index is 13.7. The third kappa shape index (κ3) is 4.24. The highest BCUT2D eigenvalue weighted by molar-refractivity contribution is 6.22. The summed E-state index contributed by atoms with van der Waals surface area (Å²) in [5, 5.41) is 9.90. The number of carbonyl (C=O) groups is 3. The van der Waals surface area contributed by atoms with Crippen LogP contribution in [-0.4, -0.2) is 74.4 Å². The summed E-state index contributed by atoms with van der Waals surface area (Å²) in [6.07, 6.45) is 8.50. The molecule has 2 saturated heterocycles. The van der Waals surface area contributed by atoms with E-state index in [2.05, 4.69) is 20.5 Å². The molecule has 1 saturated carbocycles. The summed E-state index contributed by atoms with van der Waals surface area (Å²) in [5.74, 6) is -0.803. The van der Waals surface area contributed by atoms with Gasteiger partial charge in [0.1, 0.15) is 24.8 Å². The number of hydrogen-bond acceptors (Lipinski definition) is 8. The molecule has 0 unspecified atom stereocenters. The number of nitrogens with zero attached hydrogens (tertiary/aromatic N) is 4. The van der Waals surface area contributed by atoms with Crippen molar-refractivity contribution in [1.29, 1.82) is 0 Å². The van der Waals surface area contributed by atoms with Gasteiger partial charge in [-0.3, -0.25) is 14.4 Å². The molecular formula is C22H24ClN5O5. The number of ketones is 1. The second kappa shape index (κ2) is 9.18. The van der Waals surface area contributed by atoms with E-state index in [9.17, 15) is 14.4 Å². The minimum atomic E-state index is -0.787. The van der Waals surface area contributed by atoms with Crippen molar-refractivity contribution < 1.29 is 23.5 Å². The van der Waals surface area contributed by atoms with Gasteiger partial charge >= 0.3 is 0 Å². The van der Waals surface area contributed by atoms with E-state index in [1.807, 2.05) is 0 Å². The molecular weight excluding hydrogens is 450 g/mol. The van der Waals surface area contributed by atoms with E-state index < -0.39 is 29.5 Å². The lowest BCUT2D eigenvalue weighted by atomic mass is 9.83. The minimum Gasteiger partial charge on any atom is -0.431 e. The largest absolute Gasteiger partial charge is 0.431 e. The monoisotopic (exact) mass is 473 g/mol. The van der Waals surface area contributed by atoms with Crippen molar-refractivity contribution in [2.45, 2.75) is 55.7 Å². The molecule has 11 heteroatoms. The van der Waals surface area contributed by atoms with E-state index in [0.717, 1.165) is 32.1 Å². The molecule has 0 radical (unpaired) electrons. The second-order valence-electron chi connectivity index (χ2n) is 8.70. The average molecular weight is 474 g/mol. The van der Waals surface area contributed by atoms with Gasteiger partial charge in [0.05, 0.1) is 29.5 Å². The quantitative estimate of drug-likeness (QED) is 0.648. The van der Waals surface area contributed by atoms with E-state index >= 15 is 0 Å². The Morgan fingerprint density at radius 2 is 2.00 bits per heavy atom. The van der Waals surface area contributed by atoms with Crippen LogP contribution in [0.1, 0.15) is 42.7 Å². The van der Waals surface area contributed by atoms with Crippen molar-refractivity contribution in [3.8, 4) is 11.5 Å². The Labute approximate surface area is 195 Å². The summed E-state index contributed by atoms with van der Waals surface area (Å²) < 4.78 is 11.1. The van der Waals surface area contributed by atoms with Gasteiger partial charge in [0, 0.05) is 6.54 Å². The van der Waals surface area contributed by atoms with Gasteiger partial charge in [0.15, 0.2) is 5.78 Å². The van der Waals surface area contributed by atoms with Crippen LogP contribution in [0.2, 0.25) is 0 Å². The summed E-state index contributed by atoms with van der Waals surface area (Å²) in [4.78, 5) is 44.7. The summed E-state index contributed by atoms with van der Waals surface area (Å²) in [6.45, 7) is 0.162. The SMILES string of the molecule is O=C(N[C@H](C(=O)N1C[C@H](Cl)[C@H]2OCC(=O)[C@H]21)C1CCCCC1)c1cnc(-c2ccnnc2)o1. The van der Waals surface area contributed by atoms with Crippen LogP contribution in [0.3, 0.4) is 0 Å². The molecule has 0 aromatic carbocycles. The lowest BCUT2D eigenvalue weighted by molar-refractivity contribution is -0.139.